The molecule has 0 saturated carbocycles. The maximum Gasteiger partial charge on any atom is 0.233 e. The van der Waals surface area contributed by atoms with Crippen LogP contribution < -0.4 is 9.80 Å². The number of carbonyl (C=O) groups is 2. The van der Waals surface area contributed by atoms with Crippen molar-refractivity contribution in [3.63, 3.8) is 0 Å². The first-order chi connectivity index (χ1) is 29.6. The Hall–Kier alpha value is -5.06. The third kappa shape index (κ3) is 10.8. The van der Waals surface area contributed by atoms with Crippen molar-refractivity contribution in [2.24, 2.45) is 0 Å². The summed E-state index contributed by atoms with van der Waals surface area (Å²) >= 11 is 0. The summed E-state index contributed by atoms with van der Waals surface area (Å²) in [6.45, 7) is 12.2. The van der Waals surface area contributed by atoms with E-state index >= 15 is 0 Å². The van der Waals surface area contributed by atoms with Crippen molar-refractivity contribution in [2.75, 3.05) is 89.8 Å². The highest BCUT2D eigenvalue weighted by Gasteiger charge is 2.43. The van der Waals surface area contributed by atoms with Crippen LogP contribution in [0.3, 0.4) is 0 Å². The van der Waals surface area contributed by atoms with Crippen molar-refractivity contribution in [3.05, 3.63) is 131 Å². The largest absolute Gasteiger partial charge is 0.375 e. The smallest absolute Gasteiger partial charge is 0.233 e. The Labute approximate surface area is 379 Å². The van der Waals surface area contributed by atoms with Gasteiger partial charge in [0.05, 0.1) is 22.3 Å². The average Bonchev–Trinajstić information content (AvgIpc) is 3.59. The number of para-hydroxylation sites is 2. The van der Waals surface area contributed by atoms with Gasteiger partial charge < -0.3 is 19.6 Å². The zero-order chi connectivity index (χ0) is 44.6. The Morgan fingerprint density at radius 1 is 0.516 bits per heavy atom. The van der Waals surface area contributed by atoms with E-state index in [-0.39, 0.29) is 22.6 Å². The van der Waals surface area contributed by atoms with Gasteiger partial charge in [-0.05, 0) is 88.1 Å². The highest BCUT2D eigenvalue weighted by Crippen LogP contribution is 2.40. The number of amides is 2. The summed E-state index contributed by atoms with van der Waals surface area (Å²) in [6.07, 6.45) is 10.6. The van der Waals surface area contributed by atoms with E-state index in [0.29, 0.717) is 24.6 Å². The number of allylic oxidation sites excluding steroid dienone is 2. The number of hydrogen-bond donors (Lipinski definition) is 0. The van der Waals surface area contributed by atoms with Crippen molar-refractivity contribution in [1.29, 1.82) is 0 Å². The van der Waals surface area contributed by atoms with Gasteiger partial charge in [0.25, 0.3) is 0 Å². The van der Waals surface area contributed by atoms with Crippen LogP contribution in [0.1, 0.15) is 62.8 Å². The zero-order valence-corrected chi connectivity index (χ0v) is 40.2. The Kier molecular flexibility index (Phi) is 15.3. The monoisotopic (exact) mass is 870 g/mol. The van der Waals surface area contributed by atoms with Gasteiger partial charge in [0.2, 0.25) is 23.2 Å². The average molecular weight is 871 g/mol. The molecule has 4 aromatic carbocycles. The first kappa shape index (κ1) is 46.4. The zero-order valence-electron chi connectivity index (χ0n) is 38.5. The Morgan fingerprint density at radius 3 is 1.23 bits per heavy atom. The lowest BCUT2D eigenvalue weighted by Crippen LogP contribution is -2.32. The predicted octanol–water partition coefficient (Wildman–Crippen LogP) is 9.78. The van der Waals surface area contributed by atoms with E-state index in [1.807, 2.05) is 14.1 Å². The van der Waals surface area contributed by atoms with Gasteiger partial charge in [0.1, 0.15) is 14.1 Å². The van der Waals surface area contributed by atoms with Crippen LogP contribution in [0.15, 0.2) is 109 Å². The summed E-state index contributed by atoms with van der Waals surface area (Å²) in [6, 6.07) is 34.6. The van der Waals surface area contributed by atoms with Crippen LogP contribution in [0.25, 0.3) is 12.2 Å². The first-order valence-electron chi connectivity index (χ1n) is 21.7. The molecular weight excluding hydrogens is 805 g/mol. The van der Waals surface area contributed by atoms with E-state index in [4.69, 9.17) is 0 Å². The molecule has 62 heavy (non-hydrogen) atoms. The third-order valence-corrected chi connectivity index (χ3v) is 14.8. The van der Waals surface area contributed by atoms with Gasteiger partial charge in [-0.1, -0.05) is 82.3 Å². The molecule has 0 unspecified atom stereocenters. The molecule has 4 aromatic rings. The molecule has 0 atom stereocenters. The number of nitrogens with zero attached hydrogens (tertiary/aromatic N) is 6. The molecule has 0 bridgehead atoms. The van der Waals surface area contributed by atoms with Crippen LogP contribution in [0, 0.1) is 0 Å². The number of hydrogen-bond acceptors (Lipinski definition) is 6. The molecule has 0 saturated heterocycles. The molecule has 326 valence electrons. The van der Waals surface area contributed by atoms with Crippen molar-refractivity contribution in [3.8, 4) is 0 Å². The summed E-state index contributed by atoms with van der Waals surface area (Å²) < 4.78 is 4.59. The van der Waals surface area contributed by atoms with E-state index in [2.05, 4.69) is 196 Å². The first-order valence-corrected chi connectivity index (χ1v) is 24.2. The second kappa shape index (κ2) is 20.4. The molecule has 2 amide bonds. The quantitative estimate of drug-likeness (QED) is 0.0532. The predicted molar refractivity (Wildman–Crippen MR) is 268 cm³/mol. The van der Waals surface area contributed by atoms with E-state index in [0.717, 1.165) is 48.4 Å². The topological polar surface area (TPSA) is 53.1 Å². The molecule has 0 N–H and O–H groups in total. The van der Waals surface area contributed by atoms with Crippen LogP contribution >= 0.6 is 21.6 Å². The third-order valence-electron chi connectivity index (χ3n) is 12.7. The molecule has 0 fully saturated rings. The van der Waals surface area contributed by atoms with Gasteiger partial charge in [-0.25, -0.2) is 0 Å². The van der Waals surface area contributed by atoms with Crippen LogP contribution in [0.4, 0.5) is 22.7 Å². The van der Waals surface area contributed by atoms with Gasteiger partial charge in [0.15, 0.2) is 11.4 Å². The fourth-order valence-corrected chi connectivity index (χ4v) is 10.5. The molecule has 0 spiro atoms. The molecule has 6 rings (SSSR count). The van der Waals surface area contributed by atoms with Gasteiger partial charge in [0, 0.05) is 101 Å². The molecule has 0 aliphatic carbocycles. The minimum atomic E-state index is -0.0447. The van der Waals surface area contributed by atoms with Gasteiger partial charge in [-0.3, -0.25) is 9.59 Å². The summed E-state index contributed by atoms with van der Waals surface area (Å²) in [5.41, 5.74) is 12.4. The van der Waals surface area contributed by atoms with Crippen molar-refractivity contribution in [2.45, 2.75) is 51.4 Å². The lowest BCUT2D eigenvalue weighted by atomic mass is 9.81. The van der Waals surface area contributed by atoms with Crippen LogP contribution in [0.2, 0.25) is 0 Å². The number of fused-ring (bicyclic) bond motifs is 2. The second-order valence-electron chi connectivity index (χ2n) is 17.7. The summed E-state index contributed by atoms with van der Waals surface area (Å²) in [5, 5.41) is 0. The maximum atomic E-state index is 12.8. The number of rotatable bonds is 19. The lowest BCUT2D eigenvalue weighted by Gasteiger charge is -2.22. The normalized spacial score (nSPS) is 15.1. The summed E-state index contributed by atoms with van der Waals surface area (Å²) in [4.78, 5) is 33.8. The van der Waals surface area contributed by atoms with E-state index in [1.165, 1.54) is 55.5 Å². The van der Waals surface area contributed by atoms with Crippen molar-refractivity contribution >= 4 is 79.7 Å². The van der Waals surface area contributed by atoms with Gasteiger partial charge in [-0.15, -0.1) is 0 Å². The Balaban J connectivity index is 0.833. The fraction of sp³-hybridized carbons (Fsp3) is 0.385. The Bertz CT molecular complexity index is 2180. The molecule has 0 aromatic heterocycles. The molecule has 2 aliphatic heterocycles. The van der Waals surface area contributed by atoms with Crippen molar-refractivity contribution in [1.82, 2.24) is 9.80 Å². The lowest BCUT2D eigenvalue weighted by molar-refractivity contribution is -0.401. The van der Waals surface area contributed by atoms with Gasteiger partial charge in [-0.2, -0.15) is 9.15 Å². The minimum absolute atomic E-state index is 0.0447. The standard InChI is InChI=1S/C52H66N6O2S2/c1-51(2)43-17-11-13-19-45(43)57(9)47(51)31-25-39-21-27-41(28-22-39)53(5)33-15-35-55(7)49(59)37-61-62-38-50(60)56(8)36-16-34-54(6)42-29-23-40(24-30-42)26-32-48-52(3,4)44-18-12-14-20-46(44)58(48)10/h11-14,17-32H,15-16,33-38H2,1-10H3/q+2. The number of carbonyl (C=O) groups excluding carboxylic acids is 2. The number of benzene rings is 4. The maximum absolute atomic E-state index is 12.8. The Morgan fingerprint density at radius 2 is 0.871 bits per heavy atom. The molecular formula is C52H66N6O2S2+2. The van der Waals surface area contributed by atoms with E-state index < -0.39 is 0 Å². The van der Waals surface area contributed by atoms with Crippen LogP contribution in [-0.4, -0.2) is 122 Å². The molecule has 8 nitrogen and oxygen atoms in total. The van der Waals surface area contributed by atoms with E-state index in [9.17, 15) is 9.59 Å². The highest BCUT2D eigenvalue weighted by molar-refractivity contribution is 8.77. The molecule has 0 radical (unpaired) electrons. The van der Waals surface area contributed by atoms with Crippen molar-refractivity contribution < 1.29 is 18.7 Å². The second-order valence-corrected chi connectivity index (χ2v) is 20.2. The summed E-state index contributed by atoms with van der Waals surface area (Å²) in [5.74, 6) is 0.870. The summed E-state index contributed by atoms with van der Waals surface area (Å²) in [7, 11) is 15.1. The van der Waals surface area contributed by atoms with Gasteiger partial charge >= 0.3 is 0 Å². The molecule has 2 heterocycles. The number of anilines is 2. The minimum Gasteiger partial charge on any atom is -0.375 e. The van der Waals surface area contributed by atoms with Crippen LogP contribution in [-0.2, 0) is 20.4 Å². The van der Waals surface area contributed by atoms with Crippen LogP contribution in [0.5, 0.6) is 0 Å². The SMILES string of the molecule is CN(CCCN(C)c1ccc(/C=C/C2=[N+](C)c3ccccc3C2(C)C)cc1)C(=O)CSSCC(=O)N(C)CCCN(C)c1ccc(/C=C/C2=[N+](C)c3ccccc3C2(C)C)cc1. The fourth-order valence-electron chi connectivity index (χ4n) is 8.64. The van der Waals surface area contributed by atoms with E-state index in [1.54, 1.807) is 9.80 Å². The highest BCUT2D eigenvalue weighted by atomic mass is 33.1. The molecule has 10 heteroatoms. The molecule has 2 aliphatic rings.